The molecular formula is C14H22FIN4O. The zero-order valence-electron chi connectivity index (χ0n) is 12.3. The van der Waals surface area contributed by atoms with Crippen LogP contribution in [-0.2, 0) is 11.3 Å². The molecule has 1 aromatic carbocycles. The van der Waals surface area contributed by atoms with E-state index in [9.17, 15) is 9.18 Å². The third-order valence-electron chi connectivity index (χ3n) is 2.47. The van der Waals surface area contributed by atoms with Gasteiger partial charge >= 0.3 is 0 Å². The van der Waals surface area contributed by atoms with Gasteiger partial charge in [0.05, 0.1) is 6.54 Å². The first-order valence-electron chi connectivity index (χ1n) is 6.63. The Bertz CT molecular complexity index is 451. The van der Waals surface area contributed by atoms with Crippen molar-refractivity contribution in [1.29, 1.82) is 0 Å². The Hall–Kier alpha value is -1.38. The van der Waals surface area contributed by atoms with Gasteiger partial charge in [-0.2, -0.15) is 0 Å². The van der Waals surface area contributed by atoms with Crippen LogP contribution in [0.5, 0.6) is 0 Å². The minimum atomic E-state index is -0.252. The molecule has 0 atom stereocenters. The zero-order valence-corrected chi connectivity index (χ0v) is 14.6. The fourth-order valence-corrected chi connectivity index (χ4v) is 1.52. The second kappa shape index (κ2) is 11.3. The predicted octanol–water partition coefficient (Wildman–Crippen LogP) is 1.63. The molecule has 0 saturated carbocycles. The van der Waals surface area contributed by atoms with E-state index in [1.165, 1.54) is 19.1 Å². The van der Waals surface area contributed by atoms with Gasteiger partial charge in [-0.15, -0.1) is 24.0 Å². The number of benzene rings is 1. The highest BCUT2D eigenvalue weighted by atomic mass is 127. The van der Waals surface area contributed by atoms with Gasteiger partial charge < -0.3 is 16.0 Å². The SMILES string of the molecule is CCNC(=NCc1ccc(F)cc1)NCCNC(C)=O.I. The number of amides is 1. The summed E-state index contributed by atoms with van der Waals surface area (Å²) in [7, 11) is 0. The summed E-state index contributed by atoms with van der Waals surface area (Å²) in [5, 5.41) is 8.91. The van der Waals surface area contributed by atoms with Crippen LogP contribution < -0.4 is 16.0 Å². The lowest BCUT2D eigenvalue weighted by Gasteiger charge is -2.11. The Morgan fingerprint density at radius 2 is 1.76 bits per heavy atom. The summed E-state index contributed by atoms with van der Waals surface area (Å²) in [6.45, 7) is 5.80. The molecule has 0 aliphatic carbocycles. The number of carbonyl (C=O) groups is 1. The highest BCUT2D eigenvalue weighted by Gasteiger charge is 1.98. The maximum absolute atomic E-state index is 12.8. The van der Waals surface area contributed by atoms with Crippen LogP contribution >= 0.6 is 24.0 Å². The lowest BCUT2D eigenvalue weighted by molar-refractivity contribution is -0.118. The molecule has 0 unspecified atom stereocenters. The van der Waals surface area contributed by atoms with Gasteiger partial charge in [0, 0.05) is 26.6 Å². The standard InChI is InChI=1S/C14H21FN4O.HI/c1-3-16-14(18-9-8-17-11(2)20)19-10-12-4-6-13(15)7-5-12;/h4-7H,3,8-10H2,1-2H3,(H,17,20)(H2,16,18,19);1H. The Balaban J connectivity index is 0.00000400. The minimum Gasteiger partial charge on any atom is -0.357 e. The normalized spacial score (nSPS) is 10.5. The smallest absolute Gasteiger partial charge is 0.216 e. The average molecular weight is 408 g/mol. The van der Waals surface area contributed by atoms with Crippen LogP contribution in [0, 0.1) is 5.82 Å². The fourth-order valence-electron chi connectivity index (χ4n) is 1.52. The molecule has 0 aromatic heterocycles. The molecule has 3 N–H and O–H groups in total. The Morgan fingerprint density at radius 3 is 2.33 bits per heavy atom. The van der Waals surface area contributed by atoms with Gasteiger partial charge in [-0.3, -0.25) is 4.79 Å². The van der Waals surface area contributed by atoms with Crippen molar-refractivity contribution in [1.82, 2.24) is 16.0 Å². The summed E-state index contributed by atoms with van der Waals surface area (Å²) in [6, 6.07) is 6.25. The Labute approximate surface area is 141 Å². The van der Waals surface area contributed by atoms with Gasteiger partial charge in [-0.25, -0.2) is 9.38 Å². The van der Waals surface area contributed by atoms with Gasteiger partial charge in [-0.1, -0.05) is 12.1 Å². The van der Waals surface area contributed by atoms with Crippen LogP contribution in [0.1, 0.15) is 19.4 Å². The van der Waals surface area contributed by atoms with Crippen molar-refractivity contribution in [2.45, 2.75) is 20.4 Å². The van der Waals surface area contributed by atoms with E-state index in [0.29, 0.717) is 25.6 Å². The maximum atomic E-state index is 12.8. The van der Waals surface area contributed by atoms with Gasteiger partial charge in [0.25, 0.3) is 0 Å². The molecule has 0 aliphatic heterocycles. The minimum absolute atomic E-state index is 0. The number of guanidine groups is 1. The molecule has 1 amide bonds. The summed E-state index contributed by atoms with van der Waals surface area (Å²) in [5.41, 5.74) is 0.936. The monoisotopic (exact) mass is 408 g/mol. The molecule has 118 valence electrons. The molecule has 0 bridgehead atoms. The van der Waals surface area contributed by atoms with Crippen molar-refractivity contribution in [2.75, 3.05) is 19.6 Å². The van der Waals surface area contributed by atoms with E-state index in [1.807, 2.05) is 6.92 Å². The van der Waals surface area contributed by atoms with E-state index >= 15 is 0 Å². The quantitative estimate of drug-likeness (QED) is 0.290. The molecule has 5 nitrogen and oxygen atoms in total. The highest BCUT2D eigenvalue weighted by molar-refractivity contribution is 14.0. The summed E-state index contributed by atoms with van der Waals surface area (Å²) >= 11 is 0. The lowest BCUT2D eigenvalue weighted by Crippen LogP contribution is -2.41. The molecule has 21 heavy (non-hydrogen) atoms. The first-order valence-corrected chi connectivity index (χ1v) is 6.63. The van der Waals surface area contributed by atoms with Crippen LogP contribution in [-0.4, -0.2) is 31.5 Å². The van der Waals surface area contributed by atoms with E-state index in [0.717, 1.165) is 12.1 Å². The van der Waals surface area contributed by atoms with E-state index in [2.05, 4.69) is 20.9 Å². The largest absolute Gasteiger partial charge is 0.357 e. The van der Waals surface area contributed by atoms with Gasteiger partial charge in [0.15, 0.2) is 5.96 Å². The van der Waals surface area contributed by atoms with Gasteiger partial charge in [-0.05, 0) is 24.6 Å². The maximum Gasteiger partial charge on any atom is 0.216 e. The zero-order chi connectivity index (χ0) is 14.8. The van der Waals surface area contributed by atoms with E-state index in [-0.39, 0.29) is 35.7 Å². The van der Waals surface area contributed by atoms with Crippen molar-refractivity contribution in [3.63, 3.8) is 0 Å². The molecule has 7 heteroatoms. The van der Waals surface area contributed by atoms with Crippen LogP contribution in [0.3, 0.4) is 0 Å². The van der Waals surface area contributed by atoms with Crippen molar-refractivity contribution in [3.8, 4) is 0 Å². The number of carbonyl (C=O) groups excluding carboxylic acids is 1. The number of rotatable bonds is 6. The van der Waals surface area contributed by atoms with Gasteiger partial charge in [0.2, 0.25) is 5.91 Å². The number of hydrogen-bond donors (Lipinski definition) is 3. The summed E-state index contributed by atoms with van der Waals surface area (Å²) in [4.78, 5) is 15.1. The Kier molecular flexibility index (Phi) is 10.6. The van der Waals surface area contributed by atoms with Crippen LogP contribution in [0.25, 0.3) is 0 Å². The third-order valence-corrected chi connectivity index (χ3v) is 2.47. The second-order valence-electron chi connectivity index (χ2n) is 4.23. The number of nitrogens with zero attached hydrogens (tertiary/aromatic N) is 1. The van der Waals surface area contributed by atoms with E-state index in [4.69, 9.17) is 0 Å². The number of hydrogen-bond acceptors (Lipinski definition) is 2. The topological polar surface area (TPSA) is 65.5 Å². The van der Waals surface area contributed by atoms with Crippen LogP contribution in [0.15, 0.2) is 29.3 Å². The molecule has 0 aliphatic rings. The predicted molar refractivity (Wildman–Crippen MR) is 93.3 cm³/mol. The first-order chi connectivity index (χ1) is 9.61. The summed E-state index contributed by atoms with van der Waals surface area (Å²) in [5.74, 6) is 0.361. The van der Waals surface area contributed by atoms with Crippen molar-refractivity contribution < 1.29 is 9.18 Å². The number of aliphatic imine (C=N–C) groups is 1. The first kappa shape index (κ1) is 19.6. The molecule has 0 heterocycles. The average Bonchev–Trinajstić information content (AvgIpc) is 2.42. The molecule has 0 spiro atoms. The molecule has 1 aromatic rings. The van der Waals surface area contributed by atoms with Crippen LogP contribution in [0.4, 0.5) is 4.39 Å². The Morgan fingerprint density at radius 1 is 1.14 bits per heavy atom. The van der Waals surface area contributed by atoms with Crippen molar-refractivity contribution >= 4 is 35.8 Å². The molecule has 0 radical (unpaired) electrons. The molecule has 0 fully saturated rings. The van der Waals surface area contributed by atoms with Crippen LogP contribution in [0.2, 0.25) is 0 Å². The molecule has 1 rings (SSSR count). The fraction of sp³-hybridized carbons (Fsp3) is 0.429. The van der Waals surface area contributed by atoms with Crippen molar-refractivity contribution in [3.05, 3.63) is 35.6 Å². The lowest BCUT2D eigenvalue weighted by atomic mass is 10.2. The number of nitrogens with one attached hydrogen (secondary N) is 3. The summed E-state index contributed by atoms with van der Waals surface area (Å²) < 4.78 is 12.8. The highest BCUT2D eigenvalue weighted by Crippen LogP contribution is 2.03. The molecule has 0 saturated heterocycles. The number of halogens is 2. The van der Waals surface area contributed by atoms with Crippen molar-refractivity contribution in [2.24, 2.45) is 4.99 Å². The van der Waals surface area contributed by atoms with Gasteiger partial charge in [0.1, 0.15) is 5.82 Å². The van der Waals surface area contributed by atoms with E-state index < -0.39 is 0 Å². The summed E-state index contributed by atoms with van der Waals surface area (Å²) in [6.07, 6.45) is 0. The molecular weight excluding hydrogens is 386 g/mol. The second-order valence-corrected chi connectivity index (χ2v) is 4.23. The third kappa shape index (κ3) is 9.22. The van der Waals surface area contributed by atoms with E-state index in [1.54, 1.807) is 12.1 Å².